The second-order valence-electron chi connectivity index (χ2n) is 4.55. The number of hydrogen-bond acceptors (Lipinski definition) is 6. The van der Waals surface area contributed by atoms with Gasteiger partial charge in [0.05, 0.1) is 12.7 Å². The van der Waals surface area contributed by atoms with Gasteiger partial charge in [0.15, 0.2) is 0 Å². The van der Waals surface area contributed by atoms with E-state index in [4.69, 9.17) is 19.9 Å². The molecule has 0 aromatic rings. The number of urea groups is 1. The highest BCUT2D eigenvalue weighted by molar-refractivity contribution is 8.41. The molecule has 4 atom stereocenters. The van der Waals surface area contributed by atoms with Crippen molar-refractivity contribution in [2.75, 3.05) is 6.61 Å². The van der Waals surface area contributed by atoms with E-state index in [0.717, 1.165) is 18.4 Å². The first-order valence-corrected chi connectivity index (χ1v) is 8.33. The van der Waals surface area contributed by atoms with E-state index >= 15 is 0 Å². The molecule has 1 fully saturated rings. The first-order chi connectivity index (χ1) is 8.97. The summed E-state index contributed by atoms with van der Waals surface area (Å²) in [4.78, 5) is 22.3. The molecule has 0 aliphatic carbocycles. The average Bonchev–Trinajstić information content (AvgIpc) is 2.80. The van der Waals surface area contributed by atoms with Crippen molar-refractivity contribution >= 4 is 25.9 Å². The molecule has 2 aliphatic heterocycles. The molecule has 0 aromatic carbocycles. The van der Waals surface area contributed by atoms with E-state index in [0.29, 0.717) is 0 Å². The number of ether oxygens (including phenoxy) is 1. The van der Waals surface area contributed by atoms with Gasteiger partial charge in [-0.25, -0.2) is 4.79 Å². The Kier molecular flexibility index (Phi) is 5.05. The second kappa shape index (κ2) is 6.39. The molecule has 9 heteroatoms. The van der Waals surface area contributed by atoms with Crippen LogP contribution in [0.2, 0.25) is 0 Å². The molecule has 1 saturated heterocycles. The van der Waals surface area contributed by atoms with E-state index in [2.05, 4.69) is 17.6 Å². The van der Waals surface area contributed by atoms with Crippen LogP contribution in [0, 0.1) is 0 Å². The zero-order valence-electron chi connectivity index (χ0n) is 10.5. The van der Waals surface area contributed by atoms with Crippen molar-refractivity contribution in [2.45, 2.75) is 38.3 Å². The summed E-state index contributed by atoms with van der Waals surface area (Å²) in [6, 6.07) is -0.261. The van der Waals surface area contributed by atoms with Crippen molar-refractivity contribution in [3.63, 3.8) is 0 Å². The minimum atomic E-state index is -1.67. The molecule has 2 heterocycles. The summed E-state index contributed by atoms with van der Waals surface area (Å²) in [6.07, 6.45) is 2.31. The van der Waals surface area contributed by atoms with Crippen LogP contribution in [-0.2, 0) is 9.26 Å². The summed E-state index contributed by atoms with van der Waals surface area (Å²) in [7, 11) is -1.67. The number of rotatable bonds is 4. The third-order valence-electron chi connectivity index (χ3n) is 3.12. The van der Waals surface area contributed by atoms with Crippen molar-refractivity contribution in [1.29, 1.82) is 0 Å². The molecule has 0 aromatic heterocycles. The molecule has 2 amide bonds. The van der Waals surface area contributed by atoms with Gasteiger partial charge in [-0.15, -0.1) is 0 Å². The van der Waals surface area contributed by atoms with Gasteiger partial charge in [0.25, 0.3) is 0 Å². The lowest BCUT2D eigenvalue weighted by Crippen LogP contribution is -2.54. The Morgan fingerprint density at radius 1 is 1.74 bits per heavy atom. The zero-order chi connectivity index (χ0) is 14.0. The molecule has 108 valence electrons. The minimum Gasteiger partial charge on any atom is -0.352 e. The molecule has 7 nitrogen and oxygen atoms in total. The molecule has 2 unspecified atom stereocenters. The van der Waals surface area contributed by atoms with E-state index in [9.17, 15) is 4.79 Å². The summed E-state index contributed by atoms with van der Waals surface area (Å²) in [5, 5.41) is 2.66. The van der Waals surface area contributed by atoms with E-state index in [-0.39, 0.29) is 25.0 Å². The van der Waals surface area contributed by atoms with Crippen LogP contribution in [0.15, 0.2) is 11.8 Å². The van der Waals surface area contributed by atoms with Gasteiger partial charge in [-0.3, -0.25) is 4.90 Å². The van der Waals surface area contributed by atoms with Crippen molar-refractivity contribution < 1.29 is 18.9 Å². The number of amides is 2. The van der Waals surface area contributed by atoms with Crippen LogP contribution in [0.1, 0.15) is 19.8 Å². The van der Waals surface area contributed by atoms with Crippen molar-refractivity contribution in [1.82, 2.24) is 10.2 Å². The van der Waals surface area contributed by atoms with Gasteiger partial charge in [0.2, 0.25) is 7.58 Å². The maximum absolute atomic E-state index is 11.8. The van der Waals surface area contributed by atoms with Crippen LogP contribution >= 0.6 is 19.8 Å². The molecule has 0 bridgehead atoms. The molecular formula is C10H18N3O4PS. The molecular weight excluding hydrogens is 289 g/mol. The highest BCUT2D eigenvalue weighted by Gasteiger charge is 2.34. The van der Waals surface area contributed by atoms with Gasteiger partial charge >= 0.3 is 6.03 Å². The fourth-order valence-electron chi connectivity index (χ4n) is 2.06. The van der Waals surface area contributed by atoms with Gasteiger partial charge in [0, 0.05) is 6.20 Å². The minimum absolute atomic E-state index is 0.133. The quantitative estimate of drug-likeness (QED) is 0.456. The Balaban J connectivity index is 1.91. The second-order valence-corrected chi connectivity index (χ2v) is 6.34. The largest absolute Gasteiger partial charge is 0.352 e. The summed E-state index contributed by atoms with van der Waals surface area (Å²) < 4.78 is 10.8. The third kappa shape index (κ3) is 3.81. The number of nitrogens with one attached hydrogen (secondary N) is 1. The fraction of sp³-hybridized carbons (Fsp3) is 0.700. The van der Waals surface area contributed by atoms with Crippen molar-refractivity contribution in [2.24, 2.45) is 5.73 Å². The van der Waals surface area contributed by atoms with Crippen LogP contribution in [0.4, 0.5) is 4.79 Å². The van der Waals surface area contributed by atoms with Gasteiger partial charge in [-0.1, -0.05) is 12.2 Å². The lowest BCUT2D eigenvalue weighted by molar-refractivity contribution is -0.0331. The Morgan fingerprint density at radius 3 is 3.16 bits per heavy atom. The molecule has 2 rings (SSSR count). The average molecular weight is 307 g/mol. The third-order valence-corrected chi connectivity index (χ3v) is 3.84. The van der Waals surface area contributed by atoms with E-state index in [1.807, 2.05) is 6.92 Å². The van der Waals surface area contributed by atoms with Crippen LogP contribution in [0.5, 0.6) is 0 Å². The Labute approximate surface area is 118 Å². The smallest absolute Gasteiger partial charge is 0.325 e. The first-order valence-electron chi connectivity index (χ1n) is 5.96. The Bertz CT molecular complexity index is 382. The molecule has 4 N–H and O–H groups in total. The first kappa shape index (κ1) is 15.0. The van der Waals surface area contributed by atoms with E-state index in [1.165, 1.54) is 4.90 Å². The summed E-state index contributed by atoms with van der Waals surface area (Å²) in [5.41, 5.74) is 6.59. The topological polar surface area (TPSA) is 97.0 Å². The molecule has 2 aliphatic rings. The van der Waals surface area contributed by atoms with E-state index in [1.54, 1.807) is 6.20 Å². The summed E-state index contributed by atoms with van der Waals surface area (Å²) in [6.45, 7) is 2.13. The van der Waals surface area contributed by atoms with Crippen molar-refractivity contribution in [3.05, 3.63) is 11.8 Å². The predicted molar refractivity (Wildman–Crippen MR) is 74.1 cm³/mol. The maximum atomic E-state index is 11.8. The number of thiol groups is 1. The predicted octanol–water partition coefficient (Wildman–Crippen LogP) is 0.871. The Morgan fingerprint density at radius 2 is 2.47 bits per heavy atom. The number of nitrogens with two attached hydrogens (primary N) is 1. The molecule has 0 saturated carbocycles. The Hall–Kier alpha value is -0.370. The standard InChI is InChI=1S/C10H18N3O4PS/c1-6-4-13(10(14)12-9(6)11)8-3-2-7(17-8)5-16-18(15)19/h4,7-9,15,19H,2-3,5,11H2,1H3,(H,12,14)/t7-,8+,9?,18?/m0/s1. The zero-order valence-corrected chi connectivity index (χ0v) is 12.3. The summed E-state index contributed by atoms with van der Waals surface area (Å²) in [5.74, 6) is 0. The summed E-state index contributed by atoms with van der Waals surface area (Å²) >= 11 is 3.78. The van der Waals surface area contributed by atoms with Crippen LogP contribution < -0.4 is 11.1 Å². The van der Waals surface area contributed by atoms with Crippen molar-refractivity contribution in [3.8, 4) is 0 Å². The van der Waals surface area contributed by atoms with Crippen LogP contribution in [-0.4, -0.2) is 40.9 Å². The number of nitrogens with zero attached hydrogens (tertiary/aromatic N) is 1. The lowest BCUT2D eigenvalue weighted by atomic mass is 10.2. The number of carbonyl (C=O) groups excluding carboxylic acids is 1. The lowest BCUT2D eigenvalue weighted by Gasteiger charge is -2.32. The SMILES string of the molecule is CC1=CN([C@H]2CC[C@@H](COP(O)S)O2)C(=O)NC1N. The maximum Gasteiger partial charge on any atom is 0.325 e. The molecule has 0 radical (unpaired) electrons. The van der Waals surface area contributed by atoms with E-state index < -0.39 is 13.7 Å². The monoisotopic (exact) mass is 307 g/mol. The van der Waals surface area contributed by atoms with Crippen LogP contribution in [0.3, 0.4) is 0 Å². The highest BCUT2D eigenvalue weighted by Crippen LogP contribution is 2.37. The highest BCUT2D eigenvalue weighted by atomic mass is 32.7. The van der Waals surface area contributed by atoms with Gasteiger partial charge in [0.1, 0.15) is 12.4 Å². The number of hydrogen-bond donors (Lipinski definition) is 4. The molecule has 19 heavy (non-hydrogen) atoms. The number of carbonyl (C=O) groups is 1. The van der Waals surface area contributed by atoms with Crippen LogP contribution in [0.25, 0.3) is 0 Å². The normalized spacial score (nSPS) is 33.1. The fourth-order valence-corrected chi connectivity index (χ4v) is 2.56. The van der Waals surface area contributed by atoms with Gasteiger partial charge in [-0.2, -0.15) is 0 Å². The van der Waals surface area contributed by atoms with Gasteiger partial charge in [-0.05, 0) is 25.3 Å². The molecule has 0 spiro atoms. The van der Waals surface area contributed by atoms with Gasteiger partial charge < -0.3 is 25.2 Å².